The number of ether oxygens (including phenoxy) is 6. The van der Waals surface area contributed by atoms with Gasteiger partial charge in [0.1, 0.15) is 29.7 Å². The zero-order chi connectivity index (χ0) is 37.8. The predicted molar refractivity (Wildman–Crippen MR) is 181 cm³/mol. The van der Waals surface area contributed by atoms with Crippen molar-refractivity contribution in [3.63, 3.8) is 0 Å². The molecule has 0 aromatic heterocycles. The van der Waals surface area contributed by atoms with E-state index in [4.69, 9.17) is 28.4 Å². The number of hydrogen-bond acceptors (Lipinski definition) is 13. The van der Waals surface area contributed by atoms with Crippen molar-refractivity contribution >= 4 is 29.7 Å². The Kier molecular flexibility index (Phi) is 9.60. The van der Waals surface area contributed by atoms with Gasteiger partial charge in [0.2, 0.25) is 0 Å². The van der Waals surface area contributed by atoms with Gasteiger partial charge in [-0.15, -0.1) is 0 Å². The second kappa shape index (κ2) is 13.4. The first-order chi connectivity index (χ1) is 24.5. The van der Waals surface area contributed by atoms with Crippen molar-refractivity contribution in [3.8, 4) is 5.75 Å². The monoisotopic (exact) mass is 720 g/mol. The Morgan fingerprint density at radius 1 is 0.904 bits per heavy atom. The number of para-hydroxylation sites is 1. The molecule has 3 aliphatic carbocycles. The highest BCUT2D eigenvalue weighted by Gasteiger charge is 2.79. The quantitative estimate of drug-likeness (QED) is 0.231. The Hall–Kier alpha value is -4.59. The van der Waals surface area contributed by atoms with Crippen molar-refractivity contribution in [2.24, 2.45) is 16.7 Å². The van der Waals surface area contributed by atoms with Gasteiger partial charge in [-0.1, -0.05) is 50.2 Å². The van der Waals surface area contributed by atoms with Gasteiger partial charge in [0.15, 0.2) is 24.1 Å². The Labute approximate surface area is 301 Å². The van der Waals surface area contributed by atoms with E-state index in [0.29, 0.717) is 5.75 Å². The topological polar surface area (TPSA) is 181 Å². The lowest BCUT2D eigenvalue weighted by atomic mass is 9.44. The minimum Gasteiger partial charge on any atom is -0.482 e. The lowest BCUT2D eigenvalue weighted by molar-refractivity contribution is -0.346. The highest BCUT2D eigenvalue weighted by molar-refractivity contribution is 5.96. The molecule has 9 atom stereocenters. The second-order valence-corrected chi connectivity index (χ2v) is 14.8. The standard InChI is InChI=1S/C39H44O13/c1-21-26(42)18-39(46)34(51-35(45)24-13-9-7-10-14-24)32-37(6,33(44)31(49-22(2)40)30(21)36(39,4)5)27(17-28-38(32,20-48-28)52-23(3)41)50-29(43)19-47-25-15-11-8-12-16-25/h7-16,26-28,31-32,34,42,46H,17-20H2,1-6H3/t26?,27-,28+,31+,32-,34-,37+,38-,39+/m0/s1. The minimum atomic E-state index is -2.20. The van der Waals surface area contributed by atoms with Crippen LogP contribution in [0.1, 0.15) is 64.7 Å². The zero-order valence-corrected chi connectivity index (χ0v) is 30.0. The van der Waals surface area contributed by atoms with Gasteiger partial charge >= 0.3 is 23.9 Å². The summed E-state index contributed by atoms with van der Waals surface area (Å²) in [4.78, 5) is 68.8. The number of esters is 4. The third-order valence-electron chi connectivity index (χ3n) is 11.5. The molecule has 13 heteroatoms. The van der Waals surface area contributed by atoms with E-state index in [1.54, 1.807) is 69.3 Å². The van der Waals surface area contributed by atoms with Crippen molar-refractivity contribution in [2.45, 2.75) is 96.1 Å². The summed E-state index contributed by atoms with van der Waals surface area (Å²) in [5.74, 6) is -5.14. The van der Waals surface area contributed by atoms with E-state index in [0.717, 1.165) is 6.92 Å². The summed E-state index contributed by atoms with van der Waals surface area (Å²) in [7, 11) is 0. The number of ketones is 1. The average Bonchev–Trinajstić information content (AvgIpc) is 3.09. The molecule has 4 aliphatic rings. The summed E-state index contributed by atoms with van der Waals surface area (Å²) < 4.78 is 35.9. The molecule has 278 valence electrons. The van der Waals surface area contributed by atoms with Crippen molar-refractivity contribution in [1.82, 2.24) is 0 Å². The second-order valence-electron chi connectivity index (χ2n) is 14.8. The Morgan fingerprint density at radius 2 is 1.54 bits per heavy atom. The molecule has 2 aromatic carbocycles. The molecule has 52 heavy (non-hydrogen) atoms. The van der Waals surface area contributed by atoms with Crippen molar-refractivity contribution in [3.05, 3.63) is 77.4 Å². The van der Waals surface area contributed by atoms with E-state index < -0.39 is 94.7 Å². The highest BCUT2D eigenvalue weighted by Crippen LogP contribution is 2.64. The SMILES string of the molecule is CC(=O)O[C@H]1C(=O)[C@]2(C)[C@@H](OC(=O)COc3ccccc3)C[C@H]3OC[C@@]3(OC(C)=O)[C@H]2[C@H](OC(=O)c2ccccc2)[C@]2(O)CC(O)C(C)=C1C2(C)C. The third kappa shape index (κ3) is 5.88. The average molecular weight is 721 g/mol. The highest BCUT2D eigenvalue weighted by atomic mass is 16.6. The molecule has 2 N–H and O–H groups in total. The van der Waals surface area contributed by atoms with Gasteiger partial charge in [-0.05, 0) is 49.3 Å². The predicted octanol–water partition coefficient (Wildman–Crippen LogP) is 3.28. The van der Waals surface area contributed by atoms with E-state index in [1.807, 2.05) is 0 Å². The summed E-state index contributed by atoms with van der Waals surface area (Å²) in [5.41, 5.74) is -6.89. The van der Waals surface area contributed by atoms with Gasteiger partial charge in [-0.25, -0.2) is 9.59 Å². The first-order valence-corrected chi connectivity index (χ1v) is 17.2. The zero-order valence-electron chi connectivity index (χ0n) is 30.0. The van der Waals surface area contributed by atoms with E-state index >= 15 is 4.79 Å². The number of fused-ring (bicyclic) bond motifs is 5. The van der Waals surface area contributed by atoms with Crippen LogP contribution in [0.15, 0.2) is 71.8 Å². The van der Waals surface area contributed by atoms with E-state index in [-0.39, 0.29) is 36.2 Å². The number of benzene rings is 2. The van der Waals surface area contributed by atoms with Gasteiger partial charge in [0, 0.05) is 32.1 Å². The summed E-state index contributed by atoms with van der Waals surface area (Å²) >= 11 is 0. The van der Waals surface area contributed by atoms with Crippen LogP contribution in [-0.4, -0.2) is 94.8 Å². The number of aliphatic hydroxyl groups is 2. The fraction of sp³-hybridized carbons (Fsp3) is 0.513. The van der Waals surface area contributed by atoms with E-state index in [1.165, 1.54) is 26.0 Å². The Balaban J connectivity index is 1.58. The minimum absolute atomic E-state index is 0.111. The van der Waals surface area contributed by atoms with Crippen molar-refractivity contribution < 1.29 is 62.6 Å². The number of hydrogen-bond donors (Lipinski definition) is 2. The maximum Gasteiger partial charge on any atom is 0.344 e. The Morgan fingerprint density at radius 3 is 2.12 bits per heavy atom. The molecule has 1 aliphatic heterocycles. The molecule has 1 saturated heterocycles. The van der Waals surface area contributed by atoms with E-state index in [9.17, 15) is 29.4 Å². The maximum absolute atomic E-state index is 15.5. The number of rotatable bonds is 8. The molecule has 0 spiro atoms. The fourth-order valence-electron chi connectivity index (χ4n) is 8.91. The molecule has 13 nitrogen and oxygen atoms in total. The molecule has 3 fully saturated rings. The molecule has 2 aromatic rings. The van der Waals surface area contributed by atoms with Crippen LogP contribution in [0.5, 0.6) is 5.75 Å². The van der Waals surface area contributed by atoms with Crippen LogP contribution in [0.3, 0.4) is 0 Å². The lowest BCUT2D eigenvalue weighted by Crippen LogP contribution is -2.82. The van der Waals surface area contributed by atoms with Crippen molar-refractivity contribution in [1.29, 1.82) is 0 Å². The molecular weight excluding hydrogens is 676 g/mol. The van der Waals surface area contributed by atoms with Gasteiger partial charge in [0.25, 0.3) is 0 Å². The van der Waals surface area contributed by atoms with Crippen LogP contribution in [-0.2, 0) is 42.9 Å². The largest absolute Gasteiger partial charge is 0.482 e. The van der Waals surface area contributed by atoms with Gasteiger partial charge < -0.3 is 38.6 Å². The molecule has 2 saturated carbocycles. The summed E-state index contributed by atoms with van der Waals surface area (Å²) in [6.07, 6.45) is -7.65. The van der Waals surface area contributed by atoms with Gasteiger partial charge in [-0.3, -0.25) is 14.4 Å². The normalized spacial score (nSPS) is 34.6. The van der Waals surface area contributed by atoms with Crippen LogP contribution in [0.25, 0.3) is 0 Å². The summed E-state index contributed by atoms with van der Waals surface area (Å²) in [6, 6.07) is 16.5. The molecular formula is C39H44O13. The van der Waals surface area contributed by atoms with Crippen LogP contribution in [0.4, 0.5) is 0 Å². The Bertz CT molecular complexity index is 1790. The number of aliphatic hydroxyl groups excluding tert-OH is 1. The third-order valence-corrected chi connectivity index (χ3v) is 11.5. The number of carbonyl (C=O) groups excluding carboxylic acids is 5. The summed E-state index contributed by atoms with van der Waals surface area (Å²) in [5, 5.41) is 24.7. The maximum atomic E-state index is 15.5. The molecule has 6 rings (SSSR count). The fourth-order valence-corrected chi connectivity index (χ4v) is 8.91. The molecule has 2 bridgehead atoms. The number of Topliss-reactive ketones (excluding diaryl/α,β-unsaturated/α-hetero) is 1. The lowest BCUT2D eigenvalue weighted by Gasteiger charge is -2.67. The molecule has 1 heterocycles. The van der Waals surface area contributed by atoms with E-state index in [2.05, 4.69) is 0 Å². The smallest absolute Gasteiger partial charge is 0.344 e. The molecule has 0 amide bonds. The van der Waals surface area contributed by atoms with Crippen LogP contribution >= 0.6 is 0 Å². The first kappa shape index (κ1) is 37.2. The van der Waals surface area contributed by atoms with Crippen LogP contribution in [0.2, 0.25) is 0 Å². The first-order valence-electron chi connectivity index (χ1n) is 17.2. The van der Waals surface area contributed by atoms with Crippen LogP contribution < -0.4 is 4.74 Å². The van der Waals surface area contributed by atoms with Crippen molar-refractivity contribution in [2.75, 3.05) is 13.2 Å². The van der Waals surface area contributed by atoms with Gasteiger partial charge in [-0.2, -0.15) is 0 Å². The number of carbonyl (C=O) groups is 5. The van der Waals surface area contributed by atoms with Gasteiger partial charge in [0.05, 0.1) is 29.6 Å². The van der Waals surface area contributed by atoms with Crippen LogP contribution in [0, 0.1) is 16.7 Å². The summed E-state index contributed by atoms with van der Waals surface area (Å²) in [6.45, 7) is 7.78. The molecule has 0 radical (unpaired) electrons. The molecule has 1 unspecified atom stereocenters.